The quantitative estimate of drug-likeness (QED) is 0.794. The van der Waals surface area contributed by atoms with E-state index in [0.29, 0.717) is 17.0 Å². The van der Waals surface area contributed by atoms with Gasteiger partial charge >= 0.3 is 0 Å². The molecule has 4 heteroatoms. The predicted molar refractivity (Wildman–Crippen MR) is 64.1 cm³/mol. The van der Waals surface area contributed by atoms with Crippen LogP contribution in [0.15, 0.2) is 18.2 Å². The second-order valence-electron chi connectivity index (χ2n) is 3.35. The molecular formula is C12H12ClN3. The number of anilines is 1. The first-order chi connectivity index (χ1) is 7.77. The van der Waals surface area contributed by atoms with E-state index in [2.05, 4.69) is 17.5 Å². The van der Waals surface area contributed by atoms with Gasteiger partial charge in [0.15, 0.2) is 0 Å². The zero-order chi connectivity index (χ0) is 11.8. The molecule has 0 heterocycles. The molecule has 0 radical (unpaired) electrons. The lowest BCUT2D eigenvalue weighted by Crippen LogP contribution is -2.02. The number of benzene rings is 1. The standard InChI is InChI=1S/C12H12ClN3/c13-11-5-4-10(9-15)8-12(11)16-7-3-1-2-6-14/h4-5,8,16H,1-3,7H2. The fourth-order valence-electron chi connectivity index (χ4n) is 1.28. The monoisotopic (exact) mass is 233 g/mol. The van der Waals surface area contributed by atoms with Gasteiger partial charge in [-0.3, -0.25) is 0 Å². The lowest BCUT2D eigenvalue weighted by atomic mass is 10.2. The Morgan fingerprint density at radius 2 is 2.06 bits per heavy atom. The molecule has 0 unspecified atom stereocenters. The number of unbranched alkanes of at least 4 members (excludes halogenated alkanes) is 2. The summed E-state index contributed by atoms with van der Waals surface area (Å²) < 4.78 is 0. The Bertz CT molecular complexity index is 429. The van der Waals surface area contributed by atoms with Crippen LogP contribution in [0.3, 0.4) is 0 Å². The van der Waals surface area contributed by atoms with Crippen molar-refractivity contribution in [3.05, 3.63) is 28.8 Å². The topological polar surface area (TPSA) is 59.6 Å². The van der Waals surface area contributed by atoms with Crippen molar-refractivity contribution in [1.82, 2.24) is 0 Å². The summed E-state index contributed by atoms with van der Waals surface area (Å²) in [6.45, 7) is 0.760. The zero-order valence-corrected chi connectivity index (χ0v) is 9.59. The van der Waals surface area contributed by atoms with E-state index < -0.39 is 0 Å². The Hall–Kier alpha value is -1.71. The van der Waals surface area contributed by atoms with Crippen LogP contribution in [0.2, 0.25) is 5.02 Å². The van der Waals surface area contributed by atoms with Gasteiger partial charge in [-0.1, -0.05) is 11.6 Å². The first-order valence-electron chi connectivity index (χ1n) is 5.08. The maximum atomic E-state index is 8.74. The van der Waals surface area contributed by atoms with Gasteiger partial charge in [-0.25, -0.2) is 0 Å². The van der Waals surface area contributed by atoms with Crippen molar-refractivity contribution < 1.29 is 0 Å². The summed E-state index contributed by atoms with van der Waals surface area (Å²) in [5.74, 6) is 0. The fourth-order valence-corrected chi connectivity index (χ4v) is 1.47. The molecule has 0 fully saturated rings. The van der Waals surface area contributed by atoms with Gasteiger partial charge in [0.05, 0.1) is 28.4 Å². The number of hydrogen-bond donors (Lipinski definition) is 1. The molecule has 1 rings (SSSR count). The van der Waals surface area contributed by atoms with Crippen molar-refractivity contribution >= 4 is 17.3 Å². The Labute approximate surface area is 100 Å². The summed E-state index contributed by atoms with van der Waals surface area (Å²) in [6, 6.07) is 9.28. The zero-order valence-electron chi connectivity index (χ0n) is 8.83. The second kappa shape index (κ2) is 6.71. The van der Waals surface area contributed by atoms with Gasteiger partial charge in [0, 0.05) is 13.0 Å². The third kappa shape index (κ3) is 3.81. The van der Waals surface area contributed by atoms with E-state index in [1.54, 1.807) is 18.2 Å². The first-order valence-corrected chi connectivity index (χ1v) is 5.46. The van der Waals surface area contributed by atoms with Crippen molar-refractivity contribution in [2.24, 2.45) is 0 Å². The highest BCUT2D eigenvalue weighted by molar-refractivity contribution is 6.33. The SMILES string of the molecule is N#CCCCCNc1cc(C#N)ccc1Cl. The van der Waals surface area contributed by atoms with Gasteiger partial charge in [-0.05, 0) is 31.0 Å². The van der Waals surface area contributed by atoms with Crippen LogP contribution in [-0.2, 0) is 0 Å². The van der Waals surface area contributed by atoms with Crippen molar-refractivity contribution in [2.75, 3.05) is 11.9 Å². The lowest BCUT2D eigenvalue weighted by Gasteiger charge is -2.07. The summed E-state index contributed by atoms with van der Waals surface area (Å²) in [5.41, 5.74) is 1.36. The van der Waals surface area contributed by atoms with Crippen molar-refractivity contribution in [1.29, 1.82) is 10.5 Å². The third-order valence-corrected chi connectivity index (χ3v) is 2.46. The largest absolute Gasteiger partial charge is 0.384 e. The van der Waals surface area contributed by atoms with Crippen LogP contribution >= 0.6 is 11.6 Å². The summed E-state index contributed by atoms with van der Waals surface area (Å²) in [6.07, 6.45) is 2.37. The van der Waals surface area contributed by atoms with Crippen LogP contribution in [0.1, 0.15) is 24.8 Å². The van der Waals surface area contributed by atoms with E-state index >= 15 is 0 Å². The Morgan fingerprint density at radius 3 is 2.75 bits per heavy atom. The Morgan fingerprint density at radius 1 is 1.25 bits per heavy atom. The molecule has 82 valence electrons. The molecular weight excluding hydrogens is 222 g/mol. The third-order valence-electron chi connectivity index (χ3n) is 2.13. The second-order valence-corrected chi connectivity index (χ2v) is 3.76. The molecule has 0 atom stereocenters. The normalized spacial score (nSPS) is 9.19. The molecule has 1 aromatic rings. The molecule has 0 aliphatic rings. The Balaban J connectivity index is 2.48. The summed E-state index contributed by atoms with van der Waals surface area (Å²) in [7, 11) is 0. The lowest BCUT2D eigenvalue weighted by molar-refractivity contribution is 0.784. The highest BCUT2D eigenvalue weighted by Crippen LogP contribution is 2.22. The van der Waals surface area contributed by atoms with Crippen LogP contribution in [0.4, 0.5) is 5.69 Å². The van der Waals surface area contributed by atoms with Gasteiger partial charge < -0.3 is 5.32 Å². The number of hydrogen-bond acceptors (Lipinski definition) is 3. The van der Waals surface area contributed by atoms with E-state index in [1.165, 1.54) is 0 Å². The molecule has 0 aromatic heterocycles. The average Bonchev–Trinajstić information content (AvgIpc) is 2.31. The van der Waals surface area contributed by atoms with Gasteiger partial charge in [0.25, 0.3) is 0 Å². The van der Waals surface area contributed by atoms with Gasteiger partial charge in [0.1, 0.15) is 0 Å². The molecule has 0 aliphatic carbocycles. The molecule has 0 saturated carbocycles. The van der Waals surface area contributed by atoms with Crippen molar-refractivity contribution in [3.8, 4) is 12.1 Å². The summed E-state index contributed by atoms with van der Waals surface area (Å²) >= 11 is 5.97. The molecule has 0 bridgehead atoms. The van der Waals surface area contributed by atoms with E-state index in [4.69, 9.17) is 22.1 Å². The number of nitriles is 2. The summed E-state index contributed by atoms with van der Waals surface area (Å²) in [4.78, 5) is 0. The number of rotatable bonds is 5. The smallest absolute Gasteiger partial charge is 0.0992 e. The molecule has 16 heavy (non-hydrogen) atoms. The minimum Gasteiger partial charge on any atom is -0.384 e. The van der Waals surface area contributed by atoms with Gasteiger partial charge in [-0.2, -0.15) is 10.5 Å². The molecule has 1 aromatic carbocycles. The van der Waals surface area contributed by atoms with Crippen LogP contribution < -0.4 is 5.32 Å². The summed E-state index contributed by atoms with van der Waals surface area (Å²) in [5, 5.41) is 20.9. The van der Waals surface area contributed by atoms with Crippen LogP contribution in [0.25, 0.3) is 0 Å². The molecule has 0 amide bonds. The van der Waals surface area contributed by atoms with Crippen LogP contribution in [-0.4, -0.2) is 6.54 Å². The Kier molecular flexibility index (Phi) is 5.19. The predicted octanol–water partition coefficient (Wildman–Crippen LogP) is 3.32. The number of halogens is 1. The van der Waals surface area contributed by atoms with Gasteiger partial charge in [-0.15, -0.1) is 0 Å². The number of nitrogens with zero attached hydrogens (tertiary/aromatic N) is 2. The molecule has 3 nitrogen and oxygen atoms in total. The van der Waals surface area contributed by atoms with E-state index in [-0.39, 0.29) is 0 Å². The van der Waals surface area contributed by atoms with E-state index in [1.807, 2.05) is 0 Å². The van der Waals surface area contributed by atoms with Crippen LogP contribution in [0.5, 0.6) is 0 Å². The molecule has 0 saturated heterocycles. The molecule has 0 spiro atoms. The first kappa shape index (κ1) is 12.4. The maximum Gasteiger partial charge on any atom is 0.0992 e. The average molecular weight is 234 g/mol. The highest BCUT2D eigenvalue weighted by Gasteiger charge is 2.00. The molecule has 0 aliphatic heterocycles. The van der Waals surface area contributed by atoms with Crippen molar-refractivity contribution in [2.45, 2.75) is 19.3 Å². The van der Waals surface area contributed by atoms with Crippen LogP contribution in [0, 0.1) is 22.7 Å². The molecule has 1 N–H and O–H groups in total. The van der Waals surface area contributed by atoms with Gasteiger partial charge in [0.2, 0.25) is 0 Å². The minimum atomic E-state index is 0.577. The van der Waals surface area contributed by atoms with E-state index in [0.717, 1.165) is 25.1 Å². The highest BCUT2D eigenvalue weighted by atomic mass is 35.5. The minimum absolute atomic E-state index is 0.577. The fraction of sp³-hybridized carbons (Fsp3) is 0.333. The maximum absolute atomic E-state index is 8.74. The van der Waals surface area contributed by atoms with Crippen molar-refractivity contribution in [3.63, 3.8) is 0 Å². The number of nitrogens with one attached hydrogen (secondary N) is 1. The van der Waals surface area contributed by atoms with E-state index in [9.17, 15) is 0 Å².